The van der Waals surface area contributed by atoms with E-state index in [0.29, 0.717) is 0 Å². The van der Waals surface area contributed by atoms with Crippen molar-refractivity contribution in [2.75, 3.05) is 0 Å². The highest BCUT2D eigenvalue weighted by molar-refractivity contribution is 6.94. The molecule has 0 bridgehead atoms. The highest BCUT2D eigenvalue weighted by atomic mass is 28.4. The molecule has 0 aliphatic carbocycles. The van der Waals surface area contributed by atoms with Gasteiger partial charge < -0.3 is 0 Å². The van der Waals surface area contributed by atoms with Gasteiger partial charge in [-0.2, -0.15) is 0 Å². The normalized spacial score (nSPS) is 23.1. The van der Waals surface area contributed by atoms with Crippen molar-refractivity contribution in [3.8, 4) is 0 Å². The van der Waals surface area contributed by atoms with E-state index < -0.39 is 8.07 Å². The Bertz CT molecular complexity index is 99.9. The molecule has 0 N–H and O–H groups in total. The zero-order chi connectivity index (χ0) is 7.61. The number of hydrogen-bond donors (Lipinski definition) is 0. The van der Waals surface area contributed by atoms with Gasteiger partial charge >= 0.3 is 0 Å². The lowest BCUT2D eigenvalue weighted by Gasteiger charge is -2.30. The number of hydrogen-bond acceptors (Lipinski definition) is 0. The maximum Gasteiger partial charge on any atom is 0.0413 e. The maximum absolute atomic E-state index is 2.53. The summed E-state index contributed by atoms with van der Waals surface area (Å²) in [5.41, 5.74) is 0. The van der Waals surface area contributed by atoms with Crippen LogP contribution >= 0.6 is 0 Å². The van der Waals surface area contributed by atoms with Gasteiger partial charge in [0.25, 0.3) is 0 Å². The van der Waals surface area contributed by atoms with Crippen molar-refractivity contribution in [3.05, 3.63) is 0 Å². The highest BCUT2D eigenvalue weighted by Gasteiger charge is 2.28. The van der Waals surface area contributed by atoms with Gasteiger partial charge in [-0.25, -0.2) is 0 Å². The van der Waals surface area contributed by atoms with Crippen molar-refractivity contribution in [2.45, 2.75) is 42.9 Å². The third-order valence-corrected chi connectivity index (χ3v) is 13.4. The van der Waals surface area contributed by atoms with Crippen LogP contribution < -0.4 is 0 Å². The first-order valence-electron chi connectivity index (χ1n) is 4.07. The molecule has 0 aromatic carbocycles. The van der Waals surface area contributed by atoms with E-state index in [9.17, 15) is 0 Å². The molecule has 3 heteroatoms. The van der Waals surface area contributed by atoms with Gasteiger partial charge in [0.1, 0.15) is 0 Å². The first-order chi connectivity index (χ1) is 4.61. The molecular formula is C7H16Si3. The van der Waals surface area contributed by atoms with Gasteiger partial charge in [-0.1, -0.05) is 42.9 Å². The Kier molecular flexibility index (Phi) is 2.94. The Balaban J connectivity index is 2.39. The fourth-order valence-corrected chi connectivity index (χ4v) is 10.2. The summed E-state index contributed by atoms with van der Waals surface area (Å²) in [6.07, 6.45) is 1.53. The predicted octanol–water partition coefficient (Wildman–Crippen LogP) is 2.26. The molecule has 0 spiro atoms. The van der Waals surface area contributed by atoms with E-state index >= 15 is 0 Å². The minimum Gasteiger partial charge on any atom is -0.0698 e. The molecule has 4 radical (unpaired) electrons. The van der Waals surface area contributed by atoms with Crippen molar-refractivity contribution in [1.82, 2.24) is 0 Å². The van der Waals surface area contributed by atoms with Crippen molar-refractivity contribution < 1.29 is 0 Å². The summed E-state index contributed by atoms with van der Waals surface area (Å²) in [5.74, 6) is 0. The van der Waals surface area contributed by atoms with Gasteiger partial charge in [-0.15, -0.1) is 0 Å². The van der Waals surface area contributed by atoms with Crippen LogP contribution in [-0.4, -0.2) is 27.1 Å². The molecule has 1 aliphatic heterocycles. The van der Waals surface area contributed by atoms with Gasteiger partial charge in [-0.3, -0.25) is 0 Å². The average molecular weight is 184 g/mol. The monoisotopic (exact) mass is 184 g/mol. The van der Waals surface area contributed by atoms with E-state index in [0.717, 1.165) is 0 Å². The van der Waals surface area contributed by atoms with Crippen molar-refractivity contribution in [2.24, 2.45) is 0 Å². The Hall–Kier alpha value is 0.651. The van der Waals surface area contributed by atoms with Gasteiger partial charge in [0.2, 0.25) is 0 Å². The summed E-state index contributed by atoms with van der Waals surface area (Å²) in [7, 11) is 1.90. The summed E-state index contributed by atoms with van der Waals surface area (Å²) >= 11 is 0. The smallest absolute Gasteiger partial charge is 0.0413 e. The second-order valence-corrected chi connectivity index (χ2v) is 14.1. The standard InChI is InChI=1S/C7H16Si3/c1-10(2,3)7-8-5-4-6-9-7/h7H,4-6H2,1-3H3. The lowest BCUT2D eigenvalue weighted by Crippen LogP contribution is -2.37. The molecule has 1 saturated heterocycles. The summed E-state index contributed by atoms with van der Waals surface area (Å²) in [6, 6.07) is 3.09. The fourth-order valence-electron chi connectivity index (χ4n) is 1.27. The Morgan fingerprint density at radius 1 is 1.10 bits per heavy atom. The third kappa shape index (κ3) is 2.36. The van der Waals surface area contributed by atoms with Crippen molar-refractivity contribution >= 4 is 27.1 Å². The first kappa shape index (κ1) is 8.74. The molecule has 0 unspecified atom stereocenters. The Labute approximate surface area is 70.5 Å². The molecule has 0 aromatic heterocycles. The lowest BCUT2D eigenvalue weighted by atomic mass is 10.6. The third-order valence-electron chi connectivity index (χ3n) is 1.92. The van der Waals surface area contributed by atoms with E-state index in [4.69, 9.17) is 0 Å². The Morgan fingerprint density at radius 3 is 1.90 bits per heavy atom. The molecule has 0 aromatic rings. The minimum absolute atomic E-state index is 0.732. The van der Waals surface area contributed by atoms with E-state index in [1.165, 1.54) is 30.2 Å². The zero-order valence-corrected chi connectivity index (χ0v) is 10.2. The number of rotatable bonds is 1. The van der Waals surface area contributed by atoms with Gasteiger partial charge in [-0.05, 0) is 0 Å². The molecule has 1 heterocycles. The van der Waals surface area contributed by atoms with Crippen LogP contribution in [0.5, 0.6) is 0 Å². The fraction of sp³-hybridized carbons (Fsp3) is 1.00. The van der Waals surface area contributed by atoms with Crippen LogP contribution in [0.2, 0.25) is 36.5 Å². The van der Waals surface area contributed by atoms with E-state index in [1.807, 2.05) is 0 Å². The Morgan fingerprint density at radius 2 is 1.60 bits per heavy atom. The molecular weight excluding hydrogens is 168 g/mol. The van der Waals surface area contributed by atoms with E-state index in [1.54, 1.807) is 12.1 Å². The summed E-state index contributed by atoms with van der Waals surface area (Å²) in [5, 5.41) is 0. The zero-order valence-electron chi connectivity index (χ0n) is 7.20. The van der Waals surface area contributed by atoms with Gasteiger partial charge in [0.15, 0.2) is 0 Å². The molecule has 1 aliphatic rings. The SMILES string of the molecule is C[Si](C)(C)C1[Si]CCC[Si]1. The van der Waals surface area contributed by atoms with Gasteiger partial charge in [0.05, 0.1) is 0 Å². The van der Waals surface area contributed by atoms with Crippen LogP contribution in [0.3, 0.4) is 0 Å². The van der Waals surface area contributed by atoms with Crippen LogP contribution in [-0.2, 0) is 0 Å². The van der Waals surface area contributed by atoms with Crippen molar-refractivity contribution in [1.29, 1.82) is 0 Å². The second-order valence-electron chi connectivity index (χ2n) is 4.06. The van der Waals surface area contributed by atoms with Crippen LogP contribution in [0.4, 0.5) is 0 Å². The second kappa shape index (κ2) is 3.36. The predicted molar refractivity (Wildman–Crippen MR) is 52.8 cm³/mol. The minimum atomic E-state index is -0.732. The maximum atomic E-state index is 2.53. The van der Waals surface area contributed by atoms with Crippen LogP contribution in [0.1, 0.15) is 6.42 Å². The largest absolute Gasteiger partial charge is 0.0698 e. The molecule has 0 saturated carbocycles. The average Bonchev–Trinajstić information content (AvgIpc) is 1.88. The van der Waals surface area contributed by atoms with Crippen LogP contribution in [0.15, 0.2) is 0 Å². The lowest BCUT2D eigenvalue weighted by molar-refractivity contribution is 1.03. The van der Waals surface area contributed by atoms with Gasteiger partial charge in [0, 0.05) is 27.1 Å². The first-order valence-corrected chi connectivity index (χ1v) is 10.2. The van der Waals surface area contributed by atoms with Crippen LogP contribution in [0, 0.1) is 0 Å². The van der Waals surface area contributed by atoms with E-state index in [-0.39, 0.29) is 0 Å². The summed E-state index contributed by atoms with van der Waals surface area (Å²) in [6.45, 7) is 7.59. The molecule has 1 fully saturated rings. The molecule has 1 rings (SSSR count). The summed E-state index contributed by atoms with van der Waals surface area (Å²) in [4.78, 5) is 1.20. The molecule has 0 amide bonds. The van der Waals surface area contributed by atoms with E-state index in [2.05, 4.69) is 19.6 Å². The highest BCUT2D eigenvalue weighted by Crippen LogP contribution is 2.26. The van der Waals surface area contributed by atoms with Crippen molar-refractivity contribution in [3.63, 3.8) is 0 Å². The summed E-state index contributed by atoms with van der Waals surface area (Å²) < 4.78 is 0. The molecule has 0 atom stereocenters. The molecule has 0 nitrogen and oxygen atoms in total. The molecule has 56 valence electrons. The van der Waals surface area contributed by atoms with Crippen LogP contribution in [0.25, 0.3) is 0 Å². The topological polar surface area (TPSA) is 0 Å². The quantitative estimate of drug-likeness (QED) is 0.549. The molecule has 10 heavy (non-hydrogen) atoms.